The van der Waals surface area contributed by atoms with Gasteiger partial charge in [0.25, 0.3) is 0 Å². The number of amides is 5. The molecule has 15 heteroatoms. The number of hydrogen-bond donors (Lipinski definition) is 4. The molecule has 5 amide bonds. The van der Waals surface area contributed by atoms with Crippen LogP contribution in [-0.4, -0.2) is 76.2 Å². The molecule has 3 aliphatic rings. The van der Waals surface area contributed by atoms with Gasteiger partial charge in [-0.1, -0.05) is 20.8 Å². The third-order valence-electron chi connectivity index (χ3n) is 6.87. The van der Waals surface area contributed by atoms with E-state index in [1.54, 1.807) is 5.32 Å². The molecular weight excluding hydrogens is 530 g/mol. The Morgan fingerprint density at radius 1 is 1.19 bits per heavy atom. The highest BCUT2D eigenvalue weighted by Gasteiger charge is 2.74. The summed E-state index contributed by atoms with van der Waals surface area (Å²) >= 11 is 12.5. The second-order valence-electron chi connectivity index (χ2n) is 10.5. The van der Waals surface area contributed by atoms with Crippen molar-refractivity contribution in [2.75, 3.05) is 13.1 Å². The van der Waals surface area contributed by atoms with Crippen molar-refractivity contribution in [1.29, 1.82) is 0 Å². The highest BCUT2D eigenvalue weighted by Crippen LogP contribution is 2.65. The first-order valence-electron chi connectivity index (χ1n) is 11.3. The monoisotopic (exact) mass is 557 g/mol. The van der Waals surface area contributed by atoms with Gasteiger partial charge in [0.2, 0.25) is 23.6 Å². The van der Waals surface area contributed by atoms with E-state index < -0.39 is 75.4 Å². The highest BCUT2D eigenvalue weighted by molar-refractivity contribution is 6.51. The zero-order valence-electron chi connectivity index (χ0n) is 19.7. The lowest BCUT2D eigenvalue weighted by Crippen LogP contribution is -2.61. The fourth-order valence-electron chi connectivity index (χ4n) is 4.82. The number of carbonyl (C=O) groups is 5. The lowest BCUT2D eigenvalue weighted by atomic mass is 9.85. The van der Waals surface area contributed by atoms with Crippen molar-refractivity contribution in [3.8, 4) is 0 Å². The number of nitrogens with one attached hydrogen (secondary N) is 3. The quantitative estimate of drug-likeness (QED) is 0.330. The minimum Gasteiger partial charge on any atom is -0.368 e. The van der Waals surface area contributed by atoms with Crippen molar-refractivity contribution in [1.82, 2.24) is 20.9 Å². The molecule has 1 saturated carbocycles. The second-order valence-corrected chi connectivity index (χ2v) is 11.9. The number of carbonyl (C=O) groups excluding carboxylic acids is 5. The van der Waals surface area contributed by atoms with E-state index in [1.165, 1.54) is 20.8 Å². The molecule has 2 aliphatic heterocycles. The molecule has 0 radical (unpaired) electrons. The molecule has 0 unspecified atom stereocenters. The molecule has 0 aromatic rings. The normalized spacial score (nSPS) is 28.6. The van der Waals surface area contributed by atoms with Crippen molar-refractivity contribution < 1.29 is 37.1 Å². The highest BCUT2D eigenvalue weighted by atomic mass is 35.5. The Bertz CT molecular complexity index is 971. The zero-order chi connectivity index (χ0) is 27.4. The van der Waals surface area contributed by atoms with Crippen LogP contribution in [0.5, 0.6) is 0 Å². The molecule has 202 valence electrons. The van der Waals surface area contributed by atoms with Crippen LogP contribution >= 0.6 is 23.2 Å². The summed E-state index contributed by atoms with van der Waals surface area (Å²) < 4.78 is 37.4. The number of nitrogens with zero attached hydrogens (tertiary/aromatic N) is 1. The van der Waals surface area contributed by atoms with Crippen LogP contribution in [0.15, 0.2) is 0 Å². The minimum absolute atomic E-state index is 0.0686. The number of piperidine rings is 1. The first-order valence-corrected chi connectivity index (χ1v) is 12.1. The van der Waals surface area contributed by atoms with Crippen molar-refractivity contribution in [3.63, 3.8) is 0 Å². The molecule has 2 heterocycles. The Labute approximate surface area is 215 Å². The molecule has 0 aromatic carbocycles. The number of rotatable bonds is 7. The summed E-state index contributed by atoms with van der Waals surface area (Å²) in [4.78, 5) is 63.3. The Balaban J connectivity index is 1.83. The van der Waals surface area contributed by atoms with E-state index in [9.17, 15) is 37.1 Å². The SMILES string of the molecule is CC(C)(C)[C@H](NC(=O)C(F)(F)F)C(=O)N1C[C@H]2[C@@H]([C@H]1C(=O)N[C@@H](C[C@@H]1CCNC1=O)C(N)=O)C2(Cl)Cl. The molecule has 3 rings (SSSR count). The topological polar surface area (TPSA) is 151 Å². The number of alkyl halides is 5. The molecule has 0 bridgehead atoms. The van der Waals surface area contributed by atoms with Crippen LogP contribution in [0.4, 0.5) is 13.2 Å². The van der Waals surface area contributed by atoms with Gasteiger partial charge in [-0.25, -0.2) is 0 Å². The summed E-state index contributed by atoms with van der Waals surface area (Å²) in [5.41, 5.74) is 4.27. The number of fused-ring (bicyclic) bond motifs is 1. The fraction of sp³-hybridized carbons (Fsp3) is 0.762. The van der Waals surface area contributed by atoms with E-state index >= 15 is 0 Å². The van der Waals surface area contributed by atoms with Gasteiger partial charge in [0.15, 0.2) is 0 Å². The van der Waals surface area contributed by atoms with Gasteiger partial charge in [0.1, 0.15) is 22.5 Å². The second kappa shape index (κ2) is 9.55. The van der Waals surface area contributed by atoms with Crippen molar-refractivity contribution in [2.45, 2.75) is 62.2 Å². The van der Waals surface area contributed by atoms with E-state index in [4.69, 9.17) is 28.9 Å². The molecule has 36 heavy (non-hydrogen) atoms. The van der Waals surface area contributed by atoms with Crippen LogP contribution in [0.2, 0.25) is 0 Å². The largest absolute Gasteiger partial charge is 0.471 e. The Kier molecular flexibility index (Phi) is 7.50. The first-order chi connectivity index (χ1) is 16.4. The Morgan fingerprint density at radius 3 is 2.28 bits per heavy atom. The third-order valence-corrected chi connectivity index (χ3v) is 7.94. The molecule has 1 aliphatic carbocycles. The smallest absolute Gasteiger partial charge is 0.368 e. The van der Waals surface area contributed by atoms with Gasteiger partial charge in [-0.15, -0.1) is 23.2 Å². The van der Waals surface area contributed by atoms with Gasteiger partial charge in [0, 0.05) is 30.8 Å². The molecule has 0 spiro atoms. The Hall–Kier alpha value is -2.28. The average Bonchev–Trinajstić information content (AvgIpc) is 3.09. The van der Waals surface area contributed by atoms with Crippen LogP contribution < -0.4 is 21.7 Å². The summed E-state index contributed by atoms with van der Waals surface area (Å²) in [5, 5.41) is 6.80. The number of primary amides is 1. The molecule has 0 aromatic heterocycles. The molecule has 2 saturated heterocycles. The summed E-state index contributed by atoms with van der Waals surface area (Å²) in [6.45, 7) is 4.65. The average molecular weight is 558 g/mol. The molecule has 6 atom stereocenters. The summed E-state index contributed by atoms with van der Waals surface area (Å²) in [7, 11) is 0. The minimum atomic E-state index is -5.23. The fourth-order valence-corrected chi connectivity index (χ4v) is 5.64. The van der Waals surface area contributed by atoms with Gasteiger partial charge < -0.3 is 26.6 Å². The molecule has 3 fully saturated rings. The van der Waals surface area contributed by atoms with E-state index in [0.29, 0.717) is 13.0 Å². The standard InChI is InChI=1S/C21H28Cl2F3N5O5/c1-19(2,3)13(30-18(36)21(24,25)26)17(35)31-7-9-11(20(9,22)23)12(31)16(34)29-10(14(27)32)6-8-4-5-28-15(8)33/h8-13H,4-7H2,1-3H3,(H2,27,32)(H,28,33)(H,29,34)(H,30,36)/t8-,9-,10-,11-,12-,13+/m0/s1. The molecule has 10 nitrogen and oxygen atoms in total. The maximum Gasteiger partial charge on any atom is 0.471 e. The first kappa shape index (κ1) is 28.3. The number of likely N-dealkylation sites (tertiary alicyclic amines) is 1. The van der Waals surface area contributed by atoms with Crippen LogP contribution in [-0.2, 0) is 24.0 Å². The number of halogens is 5. The predicted molar refractivity (Wildman–Crippen MR) is 121 cm³/mol. The van der Waals surface area contributed by atoms with Gasteiger partial charge >= 0.3 is 12.1 Å². The van der Waals surface area contributed by atoms with Crippen LogP contribution in [0, 0.1) is 23.2 Å². The van der Waals surface area contributed by atoms with Crippen LogP contribution in [0.1, 0.15) is 33.6 Å². The van der Waals surface area contributed by atoms with Gasteiger partial charge in [-0.05, 0) is 18.3 Å². The van der Waals surface area contributed by atoms with Crippen LogP contribution in [0.3, 0.4) is 0 Å². The maximum absolute atomic E-state index is 13.4. The predicted octanol–water partition coefficient (Wildman–Crippen LogP) is 0.207. The third kappa shape index (κ3) is 5.51. The van der Waals surface area contributed by atoms with Gasteiger partial charge in [0.05, 0.1) is 0 Å². The zero-order valence-corrected chi connectivity index (χ0v) is 21.3. The molecular formula is C21H28Cl2F3N5O5. The van der Waals surface area contributed by atoms with E-state index in [1.807, 2.05) is 0 Å². The van der Waals surface area contributed by atoms with E-state index in [-0.39, 0.29) is 18.9 Å². The van der Waals surface area contributed by atoms with E-state index in [2.05, 4.69) is 10.6 Å². The van der Waals surface area contributed by atoms with Gasteiger partial charge in [-0.3, -0.25) is 24.0 Å². The summed E-state index contributed by atoms with van der Waals surface area (Å²) in [6, 6.07) is -4.21. The Morgan fingerprint density at radius 2 is 1.81 bits per heavy atom. The summed E-state index contributed by atoms with van der Waals surface area (Å²) in [5.74, 6) is -7.11. The van der Waals surface area contributed by atoms with Crippen molar-refractivity contribution >= 4 is 52.7 Å². The van der Waals surface area contributed by atoms with Crippen LogP contribution in [0.25, 0.3) is 0 Å². The maximum atomic E-state index is 13.4. The number of hydrogen-bond acceptors (Lipinski definition) is 5. The number of nitrogens with two attached hydrogens (primary N) is 1. The van der Waals surface area contributed by atoms with Crippen molar-refractivity contribution in [2.24, 2.45) is 28.9 Å². The molecule has 5 N–H and O–H groups in total. The lowest BCUT2D eigenvalue weighted by molar-refractivity contribution is -0.176. The summed E-state index contributed by atoms with van der Waals surface area (Å²) in [6.07, 6.45) is -4.85. The van der Waals surface area contributed by atoms with Crippen molar-refractivity contribution in [3.05, 3.63) is 0 Å². The van der Waals surface area contributed by atoms with Gasteiger partial charge in [-0.2, -0.15) is 13.2 Å². The van der Waals surface area contributed by atoms with E-state index in [0.717, 1.165) is 4.90 Å². The lowest BCUT2D eigenvalue weighted by Gasteiger charge is -2.37.